The largest absolute Gasteiger partial charge is 0.480 e. The first-order valence-electron chi connectivity index (χ1n) is 10.0. The van der Waals surface area contributed by atoms with Gasteiger partial charge < -0.3 is 5.11 Å². The average Bonchev–Trinajstić information content (AvgIpc) is 3.05. The van der Waals surface area contributed by atoms with Crippen molar-refractivity contribution in [2.75, 3.05) is 4.90 Å². The Balaban J connectivity index is 1.69. The van der Waals surface area contributed by atoms with Gasteiger partial charge in [0.2, 0.25) is 11.8 Å². The first-order valence-corrected chi connectivity index (χ1v) is 10.8. The van der Waals surface area contributed by atoms with Gasteiger partial charge in [0, 0.05) is 10.4 Å². The first kappa shape index (κ1) is 18.5. The SMILES string of the molecule is O=C1[C@@H]2[C@@H](C(=O)N1c1ccccc1Br)C1c3ccccc3C2(C(=O)O)c2ccccc21. The van der Waals surface area contributed by atoms with Crippen LogP contribution < -0.4 is 4.90 Å². The zero-order valence-electron chi connectivity index (χ0n) is 16.2. The lowest BCUT2D eigenvalue weighted by Crippen LogP contribution is -2.57. The maximum atomic E-state index is 13.8. The Morgan fingerprint density at radius 3 is 1.97 bits per heavy atom. The fraction of sp³-hybridized carbons (Fsp3) is 0.160. The molecule has 0 aromatic heterocycles. The molecule has 1 aliphatic heterocycles. The number of anilines is 1. The van der Waals surface area contributed by atoms with Crippen LogP contribution in [-0.4, -0.2) is 22.9 Å². The highest BCUT2D eigenvalue weighted by molar-refractivity contribution is 9.10. The summed E-state index contributed by atoms with van der Waals surface area (Å²) in [5.41, 5.74) is 1.71. The molecular formula is C25H16BrNO4. The molecule has 1 heterocycles. The van der Waals surface area contributed by atoms with E-state index in [-0.39, 0.29) is 11.8 Å². The lowest BCUT2D eigenvalue weighted by atomic mass is 9.47. The van der Waals surface area contributed by atoms with Gasteiger partial charge in [-0.2, -0.15) is 0 Å². The molecule has 3 aromatic carbocycles. The van der Waals surface area contributed by atoms with Crippen molar-refractivity contribution in [2.45, 2.75) is 11.3 Å². The lowest BCUT2D eigenvalue weighted by Gasteiger charge is -2.51. The number of amides is 2. The summed E-state index contributed by atoms with van der Waals surface area (Å²) in [7, 11) is 0. The third-order valence-corrected chi connectivity index (χ3v) is 7.72. The van der Waals surface area contributed by atoms with Crippen molar-refractivity contribution in [3.63, 3.8) is 0 Å². The van der Waals surface area contributed by atoms with Crippen LogP contribution in [0, 0.1) is 11.8 Å². The fourth-order valence-corrected chi connectivity index (χ4v) is 6.47. The number of carbonyl (C=O) groups is 3. The minimum atomic E-state index is -1.60. The van der Waals surface area contributed by atoms with Gasteiger partial charge in [-0.05, 0) is 50.3 Å². The number of carbonyl (C=O) groups excluding carboxylic acids is 2. The molecule has 3 aromatic rings. The maximum Gasteiger partial charge on any atom is 0.319 e. The summed E-state index contributed by atoms with van der Waals surface area (Å²) in [6, 6.07) is 21.7. The van der Waals surface area contributed by atoms with Crippen LogP contribution in [0.25, 0.3) is 0 Å². The van der Waals surface area contributed by atoms with Gasteiger partial charge in [-0.1, -0.05) is 60.7 Å². The van der Waals surface area contributed by atoms with Crippen molar-refractivity contribution < 1.29 is 19.5 Å². The van der Waals surface area contributed by atoms with E-state index in [9.17, 15) is 19.5 Å². The third-order valence-electron chi connectivity index (χ3n) is 7.05. The molecule has 7 rings (SSSR count). The van der Waals surface area contributed by atoms with Gasteiger partial charge in [0.25, 0.3) is 0 Å². The summed E-state index contributed by atoms with van der Waals surface area (Å²) < 4.78 is 0.613. The molecule has 0 saturated carbocycles. The van der Waals surface area contributed by atoms with Crippen LogP contribution in [0.2, 0.25) is 0 Å². The third kappa shape index (κ3) is 2.03. The van der Waals surface area contributed by atoms with Gasteiger partial charge in [0.1, 0.15) is 5.41 Å². The first-order chi connectivity index (χ1) is 15.0. The number of rotatable bonds is 2. The molecule has 4 aliphatic rings. The summed E-state index contributed by atoms with van der Waals surface area (Å²) in [5.74, 6) is -4.03. The van der Waals surface area contributed by atoms with Crippen molar-refractivity contribution in [3.05, 3.63) is 99.5 Å². The Kier molecular flexibility index (Phi) is 3.67. The molecule has 3 aliphatic carbocycles. The second-order valence-electron chi connectivity index (χ2n) is 8.23. The number of hydrogen-bond acceptors (Lipinski definition) is 3. The van der Waals surface area contributed by atoms with E-state index >= 15 is 0 Å². The van der Waals surface area contributed by atoms with E-state index in [2.05, 4.69) is 15.9 Å². The molecule has 0 radical (unpaired) electrons. The smallest absolute Gasteiger partial charge is 0.319 e. The Bertz CT molecular complexity index is 1270. The van der Waals surface area contributed by atoms with E-state index in [1.165, 1.54) is 4.90 Å². The minimum Gasteiger partial charge on any atom is -0.480 e. The van der Waals surface area contributed by atoms with E-state index in [4.69, 9.17) is 0 Å². The highest BCUT2D eigenvalue weighted by atomic mass is 79.9. The molecule has 0 spiro atoms. The Hall–Kier alpha value is -3.25. The van der Waals surface area contributed by atoms with Crippen molar-refractivity contribution in [3.8, 4) is 0 Å². The number of aliphatic carboxylic acids is 1. The van der Waals surface area contributed by atoms with E-state index < -0.39 is 29.1 Å². The van der Waals surface area contributed by atoms with Crippen molar-refractivity contribution in [2.24, 2.45) is 11.8 Å². The molecule has 1 N–H and O–H groups in total. The van der Waals surface area contributed by atoms with Crippen molar-refractivity contribution in [1.29, 1.82) is 0 Å². The molecule has 31 heavy (non-hydrogen) atoms. The number of halogens is 1. The average molecular weight is 474 g/mol. The second kappa shape index (κ2) is 6.14. The molecule has 0 unspecified atom stereocenters. The molecule has 6 heteroatoms. The Morgan fingerprint density at radius 1 is 0.839 bits per heavy atom. The quantitative estimate of drug-likeness (QED) is 0.568. The number of nitrogens with zero attached hydrogens (tertiary/aromatic N) is 1. The van der Waals surface area contributed by atoms with E-state index in [0.29, 0.717) is 21.3 Å². The van der Waals surface area contributed by atoms with Crippen LogP contribution in [0.15, 0.2) is 77.3 Å². The number of para-hydroxylation sites is 1. The van der Waals surface area contributed by atoms with Gasteiger partial charge in [-0.25, -0.2) is 4.90 Å². The fourth-order valence-electron chi connectivity index (χ4n) is 6.01. The molecule has 1 fully saturated rings. The molecule has 152 valence electrons. The molecule has 2 atom stereocenters. The van der Waals surface area contributed by atoms with E-state index in [0.717, 1.165) is 11.1 Å². The minimum absolute atomic E-state index is 0.346. The molecule has 2 bridgehead atoms. The number of hydrogen-bond donors (Lipinski definition) is 1. The number of carboxylic acids is 1. The molecular weight excluding hydrogens is 458 g/mol. The number of carboxylic acid groups (broad SMARTS) is 1. The monoisotopic (exact) mass is 473 g/mol. The predicted molar refractivity (Wildman–Crippen MR) is 117 cm³/mol. The zero-order valence-corrected chi connectivity index (χ0v) is 17.7. The summed E-state index contributed by atoms with van der Waals surface area (Å²) in [6.45, 7) is 0. The summed E-state index contributed by atoms with van der Waals surface area (Å²) in [6.07, 6.45) is 0. The highest BCUT2D eigenvalue weighted by Crippen LogP contribution is 2.64. The van der Waals surface area contributed by atoms with Crippen LogP contribution in [0.5, 0.6) is 0 Å². The number of benzene rings is 3. The summed E-state index contributed by atoms with van der Waals surface area (Å²) in [4.78, 5) is 41.9. The van der Waals surface area contributed by atoms with Crippen LogP contribution in [0.1, 0.15) is 28.2 Å². The van der Waals surface area contributed by atoms with Gasteiger partial charge in [0.15, 0.2) is 0 Å². The van der Waals surface area contributed by atoms with Gasteiger partial charge >= 0.3 is 5.97 Å². The summed E-state index contributed by atoms with van der Waals surface area (Å²) in [5, 5.41) is 10.7. The highest BCUT2D eigenvalue weighted by Gasteiger charge is 2.71. The molecule has 2 amide bonds. The van der Waals surface area contributed by atoms with Crippen molar-refractivity contribution >= 4 is 39.4 Å². The predicted octanol–water partition coefficient (Wildman–Crippen LogP) is 4.08. The van der Waals surface area contributed by atoms with Gasteiger partial charge in [-0.15, -0.1) is 0 Å². The van der Waals surface area contributed by atoms with E-state index in [1.807, 2.05) is 24.3 Å². The molecule has 5 nitrogen and oxygen atoms in total. The second-order valence-corrected chi connectivity index (χ2v) is 9.09. The van der Waals surface area contributed by atoms with Crippen LogP contribution in [0.3, 0.4) is 0 Å². The standard InChI is InChI=1S/C25H16BrNO4/c26-17-11-5-6-12-18(17)27-22(28)20-19-13-7-1-3-9-15(13)25(24(30)31,21(20)23(27)29)16-10-4-2-8-14(16)19/h1-12,19-21H,(H,30,31)/t19?,20-,21-,25?/m0/s1. The van der Waals surface area contributed by atoms with Crippen LogP contribution >= 0.6 is 15.9 Å². The van der Waals surface area contributed by atoms with Crippen LogP contribution in [0.4, 0.5) is 5.69 Å². The molecule has 1 saturated heterocycles. The van der Waals surface area contributed by atoms with Crippen LogP contribution in [-0.2, 0) is 19.8 Å². The lowest BCUT2D eigenvalue weighted by molar-refractivity contribution is -0.149. The van der Waals surface area contributed by atoms with Gasteiger partial charge in [0.05, 0.1) is 17.5 Å². The Labute approximate surface area is 186 Å². The topological polar surface area (TPSA) is 74.7 Å². The van der Waals surface area contributed by atoms with Gasteiger partial charge in [-0.3, -0.25) is 14.4 Å². The van der Waals surface area contributed by atoms with E-state index in [1.54, 1.807) is 48.5 Å². The zero-order chi connectivity index (χ0) is 21.5. The van der Waals surface area contributed by atoms with Crippen molar-refractivity contribution in [1.82, 2.24) is 0 Å². The number of imide groups is 1. The maximum absolute atomic E-state index is 13.8. The normalized spacial score (nSPS) is 27.6. The Morgan fingerprint density at radius 2 is 1.39 bits per heavy atom. The summed E-state index contributed by atoms with van der Waals surface area (Å²) >= 11 is 3.44.